The van der Waals surface area contributed by atoms with E-state index in [2.05, 4.69) is 0 Å². The first-order chi connectivity index (χ1) is 7.47. The quantitative estimate of drug-likeness (QED) is 0.671. The number of rotatable bonds is 6. The van der Waals surface area contributed by atoms with Crippen LogP contribution in [0.4, 0.5) is 0 Å². The van der Waals surface area contributed by atoms with Crippen LogP contribution in [0.2, 0.25) is 0 Å². The summed E-state index contributed by atoms with van der Waals surface area (Å²) in [6, 6.07) is 0. The van der Waals surface area contributed by atoms with Gasteiger partial charge in [-0.3, -0.25) is 0 Å². The van der Waals surface area contributed by atoms with Crippen LogP contribution in [-0.2, 0) is 19.3 Å². The number of sulfone groups is 1. The zero-order chi connectivity index (χ0) is 12.0. The summed E-state index contributed by atoms with van der Waals surface area (Å²) >= 11 is 0. The Morgan fingerprint density at radius 1 is 1.25 bits per heavy atom. The van der Waals surface area contributed by atoms with E-state index in [4.69, 9.17) is 9.47 Å². The molecule has 0 radical (unpaired) electrons. The van der Waals surface area contributed by atoms with E-state index in [0.29, 0.717) is 6.54 Å². The molecular formula is C10H21NO4S. The molecule has 1 heterocycles. The van der Waals surface area contributed by atoms with Gasteiger partial charge in [0.05, 0.1) is 19.0 Å². The van der Waals surface area contributed by atoms with E-state index < -0.39 is 9.84 Å². The zero-order valence-corrected chi connectivity index (χ0v) is 10.8. The van der Waals surface area contributed by atoms with Crippen molar-refractivity contribution >= 4 is 9.84 Å². The van der Waals surface area contributed by atoms with Gasteiger partial charge in [0, 0.05) is 25.8 Å². The number of hydrogen-bond acceptors (Lipinski definition) is 5. The highest BCUT2D eigenvalue weighted by molar-refractivity contribution is 7.90. The molecule has 1 rings (SSSR count). The van der Waals surface area contributed by atoms with Gasteiger partial charge in [-0.2, -0.15) is 0 Å². The fraction of sp³-hybridized carbons (Fsp3) is 1.00. The van der Waals surface area contributed by atoms with Gasteiger partial charge in [-0.1, -0.05) is 0 Å². The van der Waals surface area contributed by atoms with E-state index in [-0.39, 0.29) is 12.0 Å². The molecule has 5 nitrogen and oxygen atoms in total. The summed E-state index contributed by atoms with van der Waals surface area (Å²) in [5.74, 6) is 0.204. The van der Waals surface area contributed by atoms with Gasteiger partial charge in [-0.25, -0.2) is 8.42 Å². The first kappa shape index (κ1) is 13.9. The van der Waals surface area contributed by atoms with E-state index in [1.165, 1.54) is 6.26 Å². The van der Waals surface area contributed by atoms with Crippen molar-refractivity contribution in [2.45, 2.75) is 19.1 Å². The predicted octanol–water partition coefficient (Wildman–Crippen LogP) is 0.116. The topological polar surface area (TPSA) is 55.8 Å². The van der Waals surface area contributed by atoms with E-state index in [1.54, 1.807) is 0 Å². The molecule has 1 aliphatic heterocycles. The van der Waals surface area contributed by atoms with Gasteiger partial charge < -0.3 is 14.4 Å². The molecule has 0 aliphatic carbocycles. The summed E-state index contributed by atoms with van der Waals surface area (Å²) in [7, 11) is -0.956. The lowest BCUT2D eigenvalue weighted by Crippen LogP contribution is -2.32. The third-order valence-corrected chi connectivity index (χ3v) is 3.41. The average molecular weight is 251 g/mol. The highest BCUT2D eigenvalue weighted by Crippen LogP contribution is 2.08. The van der Waals surface area contributed by atoms with Crippen molar-refractivity contribution in [3.63, 3.8) is 0 Å². The van der Waals surface area contributed by atoms with Crippen LogP contribution in [0, 0.1) is 0 Å². The minimum Gasteiger partial charge on any atom is -0.353 e. The summed E-state index contributed by atoms with van der Waals surface area (Å²) in [6.07, 6.45) is 2.89. The molecule has 1 fully saturated rings. The summed E-state index contributed by atoms with van der Waals surface area (Å²) in [6.45, 7) is 2.88. The second-order valence-electron chi connectivity index (χ2n) is 4.25. The lowest BCUT2D eigenvalue weighted by atomic mass is 10.3. The largest absolute Gasteiger partial charge is 0.353 e. The van der Waals surface area contributed by atoms with Crippen molar-refractivity contribution in [1.29, 1.82) is 0 Å². The molecule has 0 aromatic heterocycles. The average Bonchev–Trinajstić information content (AvgIpc) is 2.24. The Labute approximate surface area is 97.6 Å². The van der Waals surface area contributed by atoms with Crippen LogP contribution in [0.25, 0.3) is 0 Å². The van der Waals surface area contributed by atoms with Crippen LogP contribution < -0.4 is 0 Å². The van der Waals surface area contributed by atoms with Crippen molar-refractivity contribution in [2.75, 3.05) is 45.4 Å². The SMILES string of the molecule is CN(CCC1OCCCO1)CCS(C)(=O)=O. The Balaban J connectivity index is 2.11. The van der Waals surface area contributed by atoms with Gasteiger partial charge in [0.25, 0.3) is 0 Å². The van der Waals surface area contributed by atoms with E-state index in [9.17, 15) is 8.42 Å². The maximum absolute atomic E-state index is 11.0. The molecule has 0 aromatic rings. The molecule has 0 N–H and O–H groups in total. The van der Waals surface area contributed by atoms with Gasteiger partial charge in [-0.15, -0.1) is 0 Å². The van der Waals surface area contributed by atoms with Crippen LogP contribution in [0.5, 0.6) is 0 Å². The zero-order valence-electron chi connectivity index (χ0n) is 10.0. The van der Waals surface area contributed by atoms with E-state index in [0.717, 1.165) is 32.6 Å². The highest BCUT2D eigenvalue weighted by atomic mass is 32.2. The Morgan fingerprint density at radius 2 is 1.88 bits per heavy atom. The molecule has 0 atom stereocenters. The summed E-state index contributed by atoms with van der Waals surface area (Å²) in [4.78, 5) is 1.99. The van der Waals surface area contributed by atoms with E-state index >= 15 is 0 Å². The summed E-state index contributed by atoms with van der Waals surface area (Å²) in [5, 5.41) is 0. The van der Waals surface area contributed by atoms with Crippen LogP contribution in [-0.4, -0.2) is 65.0 Å². The molecule has 0 saturated carbocycles. The summed E-state index contributed by atoms with van der Waals surface area (Å²) < 4.78 is 32.7. The maximum Gasteiger partial charge on any atom is 0.158 e. The highest BCUT2D eigenvalue weighted by Gasteiger charge is 2.15. The Morgan fingerprint density at radius 3 is 2.44 bits per heavy atom. The lowest BCUT2D eigenvalue weighted by molar-refractivity contribution is -0.182. The Kier molecular flexibility index (Phi) is 5.68. The minimum absolute atomic E-state index is 0.116. The normalized spacial score (nSPS) is 19.2. The smallest absolute Gasteiger partial charge is 0.158 e. The van der Waals surface area contributed by atoms with Gasteiger partial charge in [-0.05, 0) is 13.5 Å². The van der Waals surface area contributed by atoms with Crippen molar-refractivity contribution in [3.8, 4) is 0 Å². The van der Waals surface area contributed by atoms with Crippen molar-refractivity contribution in [3.05, 3.63) is 0 Å². The second-order valence-corrected chi connectivity index (χ2v) is 6.51. The summed E-state index contributed by atoms with van der Waals surface area (Å²) in [5.41, 5.74) is 0. The molecule has 1 saturated heterocycles. The molecule has 0 bridgehead atoms. The molecule has 1 aliphatic rings. The van der Waals surface area contributed by atoms with Crippen LogP contribution >= 0.6 is 0 Å². The Bertz CT molecular complexity index is 285. The van der Waals surface area contributed by atoms with Crippen LogP contribution in [0.15, 0.2) is 0 Å². The number of hydrogen-bond donors (Lipinski definition) is 0. The maximum atomic E-state index is 11.0. The second kappa shape index (κ2) is 6.54. The molecule has 0 unspecified atom stereocenters. The van der Waals surface area contributed by atoms with Crippen LogP contribution in [0.1, 0.15) is 12.8 Å². The van der Waals surface area contributed by atoms with Crippen molar-refractivity contribution in [1.82, 2.24) is 4.90 Å². The van der Waals surface area contributed by atoms with Crippen molar-refractivity contribution < 1.29 is 17.9 Å². The Hall–Kier alpha value is -0.170. The third kappa shape index (κ3) is 6.42. The van der Waals surface area contributed by atoms with Gasteiger partial charge in [0.1, 0.15) is 9.84 Å². The minimum atomic E-state index is -2.87. The standard InChI is InChI=1S/C10H21NO4S/c1-11(6-9-16(2,12)13)5-4-10-14-7-3-8-15-10/h10H,3-9H2,1-2H3. The molecule has 6 heteroatoms. The molecule has 0 aromatic carbocycles. The number of ether oxygens (including phenoxy) is 2. The van der Waals surface area contributed by atoms with Crippen LogP contribution in [0.3, 0.4) is 0 Å². The molecule has 16 heavy (non-hydrogen) atoms. The molecule has 0 amide bonds. The molecule has 0 spiro atoms. The van der Waals surface area contributed by atoms with Gasteiger partial charge >= 0.3 is 0 Å². The molecule has 96 valence electrons. The van der Waals surface area contributed by atoms with Crippen molar-refractivity contribution in [2.24, 2.45) is 0 Å². The first-order valence-electron chi connectivity index (χ1n) is 5.57. The van der Waals surface area contributed by atoms with E-state index in [1.807, 2.05) is 11.9 Å². The third-order valence-electron chi connectivity index (χ3n) is 2.49. The van der Waals surface area contributed by atoms with Gasteiger partial charge in [0.15, 0.2) is 6.29 Å². The molecular weight excluding hydrogens is 230 g/mol. The number of nitrogens with zero attached hydrogens (tertiary/aromatic N) is 1. The first-order valence-corrected chi connectivity index (χ1v) is 7.63. The predicted molar refractivity (Wildman–Crippen MR) is 62.1 cm³/mol. The lowest BCUT2D eigenvalue weighted by Gasteiger charge is -2.25. The fourth-order valence-electron chi connectivity index (χ4n) is 1.46. The monoisotopic (exact) mass is 251 g/mol. The van der Waals surface area contributed by atoms with Gasteiger partial charge in [0.2, 0.25) is 0 Å². The fourth-order valence-corrected chi connectivity index (χ4v) is 2.11.